The summed E-state index contributed by atoms with van der Waals surface area (Å²) in [5.74, 6) is 0.225. The van der Waals surface area contributed by atoms with E-state index in [1.165, 1.54) is 36.3 Å². The minimum atomic E-state index is -2.50. The Labute approximate surface area is 141 Å². The monoisotopic (exact) mass is 352 g/mol. The lowest BCUT2D eigenvalue weighted by Crippen LogP contribution is -2.10. The van der Waals surface area contributed by atoms with E-state index in [9.17, 15) is 13.2 Å². The van der Waals surface area contributed by atoms with Gasteiger partial charge in [-0.1, -0.05) is 6.07 Å². The van der Waals surface area contributed by atoms with Crippen molar-refractivity contribution >= 4 is 23.0 Å². The molecule has 0 fully saturated rings. The number of aromatic nitrogens is 3. The third-order valence-corrected chi connectivity index (χ3v) is 4.31. The Morgan fingerprint density at radius 1 is 1.25 bits per heavy atom. The minimum absolute atomic E-state index is 0.0108. The molecule has 0 unspecified atom stereocenters. The highest BCUT2D eigenvalue weighted by molar-refractivity contribution is 7.97. The summed E-state index contributed by atoms with van der Waals surface area (Å²) >= 11 is 1.31. The highest BCUT2D eigenvalue weighted by Crippen LogP contribution is 2.25. The minimum Gasteiger partial charge on any atom is -0.327 e. The van der Waals surface area contributed by atoms with Crippen LogP contribution in [0.2, 0.25) is 0 Å². The summed E-state index contributed by atoms with van der Waals surface area (Å²) in [5, 5.41) is 0. The molecule has 0 aliphatic rings. The summed E-state index contributed by atoms with van der Waals surface area (Å²) in [4.78, 5) is 8.85. The smallest absolute Gasteiger partial charge is 0.263 e. The number of hydrogen-bond acceptors (Lipinski definition) is 4. The van der Waals surface area contributed by atoms with Crippen molar-refractivity contribution in [2.24, 2.45) is 0 Å². The number of rotatable bonds is 6. The summed E-state index contributed by atoms with van der Waals surface area (Å²) in [5.41, 5.74) is 1.37. The molecule has 0 radical (unpaired) electrons. The van der Waals surface area contributed by atoms with Gasteiger partial charge in [0.2, 0.25) is 5.95 Å². The van der Waals surface area contributed by atoms with Crippen molar-refractivity contribution in [2.75, 3.05) is 0 Å². The van der Waals surface area contributed by atoms with Gasteiger partial charge in [-0.15, -0.1) is 0 Å². The predicted octanol–water partition coefficient (Wildman–Crippen LogP) is 4.32. The third kappa shape index (κ3) is 3.54. The molecule has 0 bridgehead atoms. The van der Waals surface area contributed by atoms with E-state index >= 15 is 0 Å². The zero-order valence-electron chi connectivity index (χ0n) is 12.8. The van der Waals surface area contributed by atoms with Crippen molar-refractivity contribution < 1.29 is 13.2 Å². The molecule has 0 saturated heterocycles. The van der Waals surface area contributed by atoms with Crippen molar-refractivity contribution in [3.05, 3.63) is 53.9 Å². The Bertz CT molecular complexity index is 833. The van der Waals surface area contributed by atoms with Crippen LogP contribution in [0.15, 0.2) is 41.4 Å². The topological polar surface area (TPSA) is 42.7 Å². The largest absolute Gasteiger partial charge is 0.327 e. The first kappa shape index (κ1) is 16.8. The summed E-state index contributed by atoms with van der Waals surface area (Å²) in [6, 6.07) is 7.41. The third-order valence-electron chi connectivity index (χ3n) is 3.54. The van der Waals surface area contributed by atoms with Gasteiger partial charge in [0.1, 0.15) is 5.82 Å². The van der Waals surface area contributed by atoms with Gasteiger partial charge >= 0.3 is 0 Å². The molecule has 0 aliphatic carbocycles. The number of nitrogens with zero attached hydrogens (tertiary/aromatic N) is 3. The van der Waals surface area contributed by atoms with Crippen molar-refractivity contribution in [3.8, 4) is 0 Å². The summed E-state index contributed by atoms with van der Waals surface area (Å²) in [6.45, 7) is 3.01. The van der Waals surface area contributed by atoms with E-state index in [0.717, 1.165) is 10.7 Å². The van der Waals surface area contributed by atoms with Gasteiger partial charge in [-0.25, -0.2) is 18.7 Å². The summed E-state index contributed by atoms with van der Waals surface area (Å²) < 4.78 is 43.6. The number of halogens is 3. The van der Waals surface area contributed by atoms with Gasteiger partial charge in [0.25, 0.3) is 6.43 Å². The molecule has 3 rings (SSSR count). The fraction of sp³-hybridized carbons (Fsp3) is 0.250. The first-order valence-corrected chi connectivity index (χ1v) is 8.18. The van der Waals surface area contributed by atoms with Crippen LogP contribution in [-0.2, 0) is 13.1 Å². The molecule has 0 amide bonds. The molecule has 8 heteroatoms. The van der Waals surface area contributed by atoms with Crippen LogP contribution in [0, 0.1) is 5.95 Å². The Morgan fingerprint density at radius 3 is 2.75 bits per heavy atom. The molecule has 2 heterocycles. The molecule has 0 saturated carbocycles. The van der Waals surface area contributed by atoms with E-state index in [0.29, 0.717) is 24.1 Å². The molecule has 4 nitrogen and oxygen atoms in total. The summed E-state index contributed by atoms with van der Waals surface area (Å²) in [7, 11) is 0. The first-order chi connectivity index (χ1) is 11.6. The average molecular weight is 352 g/mol. The predicted molar refractivity (Wildman–Crippen MR) is 87.3 cm³/mol. The van der Waals surface area contributed by atoms with E-state index in [2.05, 4.69) is 14.7 Å². The number of fused-ring (bicyclic) bond motifs is 1. The van der Waals surface area contributed by atoms with E-state index in [-0.39, 0.29) is 5.56 Å². The second kappa shape index (κ2) is 7.23. The number of nitrogens with one attached hydrogen (secondary N) is 1. The second-order valence-corrected chi connectivity index (χ2v) is 6.03. The van der Waals surface area contributed by atoms with Crippen LogP contribution in [0.4, 0.5) is 13.2 Å². The zero-order chi connectivity index (χ0) is 17.1. The van der Waals surface area contributed by atoms with Gasteiger partial charge in [0.15, 0.2) is 0 Å². The Morgan fingerprint density at radius 2 is 2.08 bits per heavy atom. The maximum atomic E-state index is 12.9. The molecule has 2 aromatic heterocycles. The fourth-order valence-electron chi connectivity index (χ4n) is 2.42. The summed E-state index contributed by atoms with van der Waals surface area (Å²) in [6.07, 6.45) is -1.07. The lowest BCUT2D eigenvalue weighted by atomic mass is 10.2. The van der Waals surface area contributed by atoms with Crippen molar-refractivity contribution in [1.82, 2.24) is 19.3 Å². The number of pyridine rings is 1. The molecule has 0 spiro atoms. The molecule has 0 aliphatic heterocycles. The number of aryl methyl sites for hydroxylation is 1. The second-order valence-electron chi connectivity index (χ2n) is 5.06. The van der Waals surface area contributed by atoms with Crippen LogP contribution in [-0.4, -0.2) is 14.5 Å². The number of imidazole rings is 1. The van der Waals surface area contributed by atoms with Crippen LogP contribution < -0.4 is 4.72 Å². The maximum absolute atomic E-state index is 12.9. The quantitative estimate of drug-likeness (QED) is 0.530. The highest BCUT2D eigenvalue weighted by atomic mass is 32.2. The average Bonchev–Trinajstić information content (AvgIpc) is 2.93. The van der Waals surface area contributed by atoms with Crippen LogP contribution in [0.25, 0.3) is 11.0 Å². The fourth-order valence-corrected chi connectivity index (χ4v) is 3.03. The Balaban J connectivity index is 1.77. The molecule has 1 aromatic carbocycles. The van der Waals surface area contributed by atoms with E-state index in [4.69, 9.17) is 0 Å². The molecular formula is C16H15F3N4S. The maximum Gasteiger partial charge on any atom is 0.263 e. The molecule has 24 heavy (non-hydrogen) atoms. The zero-order valence-corrected chi connectivity index (χ0v) is 13.7. The van der Waals surface area contributed by atoms with E-state index < -0.39 is 12.4 Å². The van der Waals surface area contributed by atoms with E-state index in [1.807, 2.05) is 11.5 Å². The number of hydrogen-bond donors (Lipinski definition) is 1. The van der Waals surface area contributed by atoms with Crippen molar-refractivity contribution in [1.29, 1.82) is 0 Å². The molecule has 0 atom stereocenters. The first-order valence-electron chi connectivity index (χ1n) is 7.37. The van der Waals surface area contributed by atoms with Gasteiger partial charge < -0.3 is 4.57 Å². The number of benzene rings is 1. The van der Waals surface area contributed by atoms with Gasteiger partial charge in [-0.2, -0.15) is 4.39 Å². The number of alkyl halides is 2. The van der Waals surface area contributed by atoms with Crippen LogP contribution in [0.3, 0.4) is 0 Å². The molecule has 3 aromatic rings. The van der Waals surface area contributed by atoms with Crippen LogP contribution in [0.5, 0.6) is 0 Å². The normalized spacial score (nSPS) is 11.5. The van der Waals surface area contributed by atoms with Gasteiger partial charge in [0.05, 0.1) is 17.6 Å². The standard InChI is InChI=1S/C16H15F3N4S/c1-2-23-13-7-10(16(18)19)3-5-12(13)22-15(23)9-21-24-11-4-6-14(17)20-8-11/h3-8,16,21H,2,9H2,1H3. The van der Waals surface area contributed by atoms with Crippen LogP contribution >= 0.6 is 11.9 Å². The van der Waals surface area contributed by atoms with Gasteiger partial charge in [0, 0.05) is 23.2 Å². The molecule has 126 valence electrons. The van der Waals surface area contributed by atoms with Crippen molar-refractivity contribution in [3.63, 3.8) is 0 Å². The Hall–Kier alpha value is -2.06. The molecule has 1 N–H and O–H groups in total. The lowest BCUT2D eigenvalue weighted by molar-refractivity contribution is 0.151. The van der Waals surface area contributed by atoms with Gasteiger partial charge in [-0.05, 0) is 43.1 Å². The Kier molecular flexibility index (Phi) is 5.06. The molecular weight excluding hydrogens is 337 g/mol. The highest BCUT2D eigenvalue weighted by Gasteiger charge is 2.13. The van der Waals surface area contributed by atoms with E-state index in [1.54, 1.807) is 12.1 Å². The van der Waals surface area contributed by atoms with Gasteiger partial charge in [-0.3, -0.25) is 4.72 Å². The van der Waals surface area contributed by atoms with Crippen molar-refractivity contribution in [2.45, 2.75) is 31.3 Å². The lowest BCUT2D eigenvalue weighted by Gasteiger charge is -2.07. The van der Waals surface area contributed by atoms with Crippen LogP contribution in [0.1, 0.15) is 24.7 Å². The SMILES string of the molecule is CCn1c(CNSc2ccc(F)nc2)nc2ccc(C(F)F)cc21.